The molecule has 0 aliphatic carbocycles. The summed E-state index contributed by atoms with van der Waals surface area (Å²) in [6.07, 6.45) is 5.34. The lowest BCUT2D eigenvalue weighted by molar-refractivity contribution is 0.110. The number of carbonyl (C=O) groups is 1. The number of fused-ring (bicyclic) bond motifs is 1. The molecule has 0 saturated heterocycles. The van der Waals surface area contributed by atoms with E-state index in [2.05, 4.69) is 9.97 Å². The van der Waals surface area contributed by atoms with Crippen LogP contribution >= 0.6 is 11.6 Å². The van der Waals surface area contributed by atoms with Gasteiger partial charge in [0.05, 0.1) is 11.7 Å². The van der Waals surface area contributed by atoms with Gasteiger partial charge in [0.15, 0.2) is 12.0 Å². The highest BCUT2D eigenvalue weighted by Gasteiger charge is 2.10. The molecular weight excluding hydrogens is 242 g/mol. The third-order valence-electron chi connectivity index (χ3n) is 2.40. The third-order valence-corrected chi connectivity index (χ3v) is 2.70. The Labute approximate surface area is 101 Å². The largest absolute Gasteiger partial charge is 0.420 e. The van der Waals surface area contributed by atoms with Crippen LogP contribution in [0.5, 0.6) is 0 Å². The first kappa shape index (κ1) is 10.0. The topological polar surface area (TPSA) is 60.9 Å². The van der Waals surface area contributed by atoms with Crippen LogP contribution in [0.4, 0.5) is 0 Å². The van der Waals surface area contributed by atoms with Crippen LogP contribution in [-0.2, 0) is 0 Å². The Morgan fingerprint density at radius 3 is 3.00 bits per heavy atom. The molecule has 0 unspecified atom stereocenters. The number of nitrogens with zero attached hydrogens (tertiary/aromatic N) is 3. The molecule has 0 aliphatic heterocycles. The minimum atomic E-state index is 0.182. The molecule has 17 heavy (non-hydrogen) atoms. The molecule has 84 valence electrons. The van der Waals surface area contributed by atoms with E-state index < -0.39 is 0 Å². The number of pyridine rings is 1. The van der Waals surface area contributed by atoms with Gasteiger partial charge in [0.2, 0.25) is 0 Å². The predicted octanol–water partition coefficient (Wildman–Crippen LogP) is 2.48. The van der Waals surface area contributed by atoms with Gasteiger partial charge in [-0.3, -0.25) is 9.36 Å². The van der Waals surface area contributed by atoms with Crippen molar-refractivity contribution in [3.05, 3.63) is 41.6 Å². The first-order valence-corrected chi connectivity index (χ1v) is 5.20. The maximum atomic E-state index is 10.5. The minimum absolute atomic E-state index is 0.182. The van der Waals surface area contributed by atoms with Gasteiger partial charge < -0.3 is 4.42 Å². The number of rotatable bonds is 2. The Kier molecular flexibility index (Phi) is 2.19. The van der Waals surface area contributed by atoms with Crippen molar-refractivity contribution in [2.45, 2.75) is 0 Å². The Balaban J connectivity index is 2.24. The summed E-state index contributed by atoms with van der Waals surface area (Å²) in [4.78, 5) is 18.5. The SMILES string of the molecule is O=Cc1cnc(-n2ccc3c(Cl)nccc32)o1. The third kappa shape index (κ3) is 1.52. The molecule has 3 rings (SSSR count). The van der Waals surface area contributed by atoms with Crippen molar-refractivity contribution < 1.29 is 9.21 Å². The van der Waals surface area contributed by atoms with E-state index in [1.807, 2.05) is 6.07 Å². The fourth-order valence-corrected chi connectivity index (χ4v) is 1.86. The van der Waals surface area contributed by atoms with Gasteiger partial charge in [-0.1, -0.05) is 11.6 Å². The summed E-state index contributed by atoms with van der Waals surface area (Å²) in [5.41, 5.74) is 0.823. The zero-order chi connectivity index (χ0) is 11.8. The zero-order valence-electron chi connectivity index (χ0n) is 8.50. The van der Waals surface area contributed by atoms with Crippen molar-refractivity contribution in [3.8, 4) is 6.01 Å². The molecule has 0 aromatic carbocycles. The predicted molar refractivity (Wildman–Crippen MR) is 61.5 cm³/mol. The molecule has 3 aromatic heterocycles. The molecule has 0 radical (unpaired) electrons. The van der Waals surface area contributed by atoms with E-state index in [9.17, 15) is 4.79 Å². The van der Waals surface area contributed by atoms with Crippen molar-refractivity contribution in [2.24, 2.45) is 0 Å². The van der Waals surface area contributed by atoms with Crippen LogP contribution in [0.15, 0.2) is 35.1 Å². The van der Waals surface area contributed by atoms with E-state index >= 15 is 0 Å². The number of hydrogen-bond acceptors (Lipinski definition) is 4. The fraction of sp³-hybridized carbons (Fsp3) is 0. The molecule has 3 heterocycles. The smallest absolute Gasteiger partial charge is 0.306 e. The molecule has 0 fully saturated rings. The molecule has 0 aliphatic rings. The van der Waals surface area contributed by atoms with Crippen LogP contribution in [0.2, 0.25) is 5.15 Å². The number of aromatic nitrogens is 3. The van der Waals surface area contributed by atoms with Crippen molar-refractivity contribution in [1.82, 2.24) is 14.5 Å². The highest BCUT2D eigenvalue weighted by molar-refractivity contribution is 6.34. The number of carbonyl (C=O) groups excluding carboxylic acids is 1. The Bertz CT molecular complexity index is 702. The number of aldehydes is 1. The summed E-state index contributed by atoms with van der Waals surface area (Å²) >= 11 is 5.96. The summed E-state index contributed by atoms with van der Waals surface area (Å²) in [7, 11) is 0. The van der Waals surface area contributed by atoms with E-state index in [1.54, 1.807) is 23.0 Å². The first-order valence-electron chi connectivity index (χ1n) is 4.82. The average Bonchev–Trinajstić information content (AvgIpc) is 2.94. The minimum Gasteiger partial charge on any atom is -0.420 e. The summed E-state index contributed by atoms with van der Waals surface area (Å²) in [5, 5.41) is 1.23. The van der Waals surface area contributed by atoms with E-state index in [0.29, 0.717) is 17.5 Å². The van der Waals surface area contributed by atoms with E-state index in [4.69, 9.17) is 16.0 Å². The van der Waals surface area contributed by atoms with E-state index in [1.165, 1.54) is 6.20 Å². The molecule has 6 heteroatoms. The van der Waals surface area contributed by atoms with Crippen molar-refractivity contribution >= 4 is 28.8 Å². The second-order valence-corrected chi connectivity index (χ2v) is 3.74. The maximum absolute atomic E-state index is 10.5. The van der Waals surface area contributed by atoms with Crippen LogP contribution in [0.1, 0.15) is 10.6 Å². The number of hydrogen-bond donors (Lipinski definition) is 0. The van der Waals surface area contributed by atoms with Gasteiger partial charge >= 0.3 is 6.01 Å². The average molecular weight is 248 g/mol. The molecule has 0 N–H and O–H groups in total. The highest BCUT2D eigenvalue weighted by atomic mass is 35.5. The van der Waals surface area contributed by atoms with Gasteiger partial charge in [-0.25, -0.2) is 9.97 Å². The van der Waals surface area contributed by atoms with Gasteiger partial charge in [-0.2, -0.15) is 0 Å². The highest BCUT2D eigenvalue weighted by Crippen LogP contribution is 2.24. The standard InChI is InChI=1S/C11H6ClN3O2/c12-10-8-2-4-15(9(8)1-3-13-10)11-14-5-7(6-16)17-11/h1-6H. The Morgan fingerprint density at radius 1 is 1.35 bits per heavy atom. The summed E-state index contributed by atoms with van der Waals surface area (Å²) in [6.45, 7) is 0. The molecule has 0 atom stereocenters. The van der Waals surface area contributed by atoms with Gasteiger partial charge in [-0.15, -0.1) is 0 Å². The summed E-state index contributed by atoms with van der Waals surface area (Å²) in [6, 6.07) is 3.94. The molecule has 0 bridgehead atoms. The van der Waals surface area contributed by atoms with Gasteiger partial charge in [0, 0.05) is 17.8 Å². The molecular formula is C11H6ClN3O2. The fourth-order valence-electron chi connectivity index (χ4n) is 1.64. The summed E-state index contributed by atoms with van der Waals surface area (Å²) in [5.74, 6) is 0.182. The Morgan fingerprint density at radius 2 is 2.24 bits per heavy atom. The van der Waals surface area contributed by atoms with Crippen LogP contribution in [-0.4, -0.2) is 20.8 Å². The molecule has 0 saturated carbocycles. The van der Waals surface area contributed by atoms with Gasteiger partial charge in [0.25, 0.3) is 0 Å². The second kappa shape index (κ2) is 3.71. The molecule has 0 spiro atoms. The summed E-state index contributed by atoms with van der Waals surface area (Å²) < 4.78 is 6.95. The van der Waals surface area contributed by atoms with Crippen molar-refractivity contribution in [2.75, 3.05) is 0 Å². The molecule has 0 amide bonds. The zero-order valence-corrected chi connectivity index (χ0v) is 9.26. The van der Waals surface area contributed by atoms with Gasteiger partial charge in [0.1, 0.15) is 5.15 Å². The van der Waals surface area contributed by atoms with E-state index in [0.717, 1.165) is 10.9 Å². The normalized spacial score (nSPS) is 10.9. The van der Waals surface area contributed by atoms with E-state index in [-0.39, 0.29) is 5.76 Å². The lowest BCUT2D eigenvalue weighted by atomic mass is 10.3. The van der Waals surface area contributed by atoms with Gasteiger partial charge in [-0.05, 0) is 12.1 Å². The molecule has 5 nitrogen and oxygen atoms in total. The van der Waals surface area contributed by atoms with Crippen LogP contribution in [0.25, 0.3) is 16.9 Å². The van der Waals surface area contributed by atoms with Crippen molar-refractivity contribution in [3.63, 3.8) is 0 Å². The quantitative estimate of drug-likeness (QED) is 0.516. The Hall–Kier alpha value is -2.14. The van der Waals surface area contributed by atoms with Crippen LogP contribution < -0.4 is 0 Å². The lowest BCUT2D eigenvalue weighted by Gasteiger charge is -1.99. The molecule has 3 aromatic rings. The van der Waals surface area contributed by atoms with Crippen LogP contribution in [0.3, 0.4) is 0 Å². The second-order valence-electron chi connectivity index (χ2n) is 3.38. The van der Waals surface area contributed by atoms with Crippen molar-refractivity contribution in [1.29, 1.82) is 0 Å². The number of halogens is 1. The number of oxazole rings is 1. The monoisotopic (exact) mass is 247 g/mol. The first-order chi connectivity index (χ1) is 8.29. The maximum Gasteiger partial charge on any atom is 0.306 e. The lowest BCUT2D eigenvalue weighted by Crippen LogP contribution is -1.91. The van der Waals surface area contributed by atoms with Crippen LogP contribution in [0, 0.1) is 0 Å².